The summed E-state index contributed by atoms with van der Waals surface area (Å²) in [5, 5.41) is 0.996. The zero-order valence-electron chi connectivity index (χ0n) is 14.6. The molecule has 1 aromatic heterocycles. The Hall–Kier alpha value is -1.98. The highest BCUT2D eigenvalue weighted by molar-refractivity contribution is 5.98. The van der Waals surface area contributed by atoms with Crippen LogP contribution in [-0.4, -0.2) is 54.3 Å². The first kappa shape index (κ1) is 16.5. The van der Waals surface area contributed by atoms with Gasteiger partial charge in [0.15, 0.2) is 0 Å². The molecule has 2 aromatic rings. The first-order valence-electron chi connectivity index (χ1n) is 9.07. The van der Waals surface area contributed by atoms with Crippen LogP contribution in [0.1, 0.15) is 30.1 Å². The predicted molar refractivity (Wildman–Crippen MR) is 95.5 cm³/mol. The molecule has 0 N–H and O–H groups in total. The molecular weight excluding hydrogens is 316 g/mol. The molecule has 1 amide bonds. The number of benzene rings is 1. The monoisotopic (exact) mass is 340 g/mol. The molecule has 0 aliphatic carbocycles. The van der Waals surface area contributed by atoms with Crippen molar-refractivity contribution in [2.45, 2.75) is 25.4 Å². The quantitative estimate of drug-likeness (QED) is 0.786. The molecular formula is C20H24N2O3. The van der Waals surface area contributed by atoms with Gasteiger partial charge in [0.05, 0.1) is 18.6 Å². The minimum absolute atomic E-state index is 0.0791. The van der Waals surface area contributed by atoms with E-state index in [4.69, 9.17) is 9.47 Å². The fourth-order valence-corrected chi connectivity index (χ4v) is 4.05. The largest absolute Gasteiger partial charge is 0.382 e. The number of ether oxygens (including phenoxy) is 2. The molecule has 2 aliphatic heterocycles. The third-order valence-electron chi connectivity index (χ3n) is 5.47. The third kappa shape index (κ3) is 3.02. The van der Waals surface area contributed by atoms with Crippen LogP contribution in [0.4, 0.5) is 0 Å². The van der Waals surface area contributed by atoms with Gasteiger partial charge in [-0.1, -0.05) is 6.07 Å². The van der Waals surface area contributed by atoms with Crippen molar-refractivity contribution in [1.29, 1.82) is 0 Å². The van der Waals surface area contributed by atoms with Crippen LogP contribution in [0.25, 0.3) is 10.9 Å². The van der Waals surface area contributed by atoms with E-state index in [-0.39, 0.29) is 11.5 Å². The lowest BCUT2D eigenvalue weighted by Gasteiger charge is -2.50. The normalized spacial score (nSPS) is 21.6. The number of hydrogen-bond acceptors (Lipinski definition) is 4. The van der Waals surface area contributed by atoms with Crippen LogP contribution in [-0.2, 0) is 9.47 Å². The highest BCUT2D eigenvalue weighted by Crippen LogP contribution is 2.42. The first-order valence-corrected chi connectivity index (χ1v) is 9.07. The molecule has 2 aliphatic rings. The molecule has 1 atom stereocenters. The Morgan fingerprint density at radius 2 is 2.28 bits per heavy atom. The number of amides is 1. The summed E-state index contributed by atoms with van der Waals surface area (Å²) in [6.07, 6.45) is 3.84. The van der Waals surface area contributed by atoms with Crippen molar-refractivity contribution in [2.24, 2.45) is 5.92 Å². The minimum atomic E-state index is -0.148. The van der Waals surface area contributed by atoms with Gasteiger partial charge in [-0.2, -0.15) is 0 Å². The number of nitrogens with zero attached hydrogens (tertiary/aromatic N) is 2. The first-order chi connectivity index (χ1) is 12.2. The van der Waals surface area contributed by atoms with E-state index >= 15 is 0 Å². The third-order valence-corrected chi connectivity index (χ3v) is 5.47. The smallest absolute Gasteiger partial charge is 0.254 e. The second kappa shape index (κ2) is 6.73. The molecule has 5 heteroatoms. The Labute approximate surface area is 147 Å². The van der Waals surface area contributed by atoms with Gasteiger partial charge >= 0.3 is 0 Å². The van der Waals surface area contributed by atoms with Gasteiger partial charge in [0, 0.05) is 37.0 Å². The second-order valence-electron chi connectivity index (χ2n) is 6.96. The van der Waals surface area contributed by atoms with Crippen LogP contribution < -0.4 is 0 Å². The lowest BCUT2D eigenvalue weighted by Crippen LogP contribution is -2.66. The van der Waals surface area contributed by atoms with E-state index in [9.17, 15) is 4.79 Å². The van der Waals surface area contributed by atoms with E-state index in [2.05, 4.69) is 4.98 Å². The summed E-state index contributed by atoms with van der Waals surface area (Å²) in [6.45, 7) is 5.71. The van der Waals surface area contributed by atoms with Crippen LogP contribution in [0.2, 0.25) is 0 Å². The van der Waals surface area contributed by atoms with Crippen LogP contribution in [0.15, 0.2) is 36.5 Å². The minimum Gasteiger partial charge on any atom is -0.382 e. The van der Waals surface area contributed by atoms with Gasteiger partial charge in [-0.25, -0.2) is 0 Å². The number of pyridine rings is 1. The predicted octanol–water partition coefficient (Wildman–Crippen LogP) is 2.89. The zero-order chi connectivity index (χ0) is 17.3. The summed E-state index contributed by atoms with van der Waals surface area (Å²) in [5.74, 6) is 0.569. The van der Waals surface area contributed by atoms with E-state index in [1.54, 1.807) is 6.20 Å². The van der Waals surface area contributed by atoms with Crippen molar-refractivity contribution in [1.82, 2.24) is 9.88 Å². The number of likely N-dealkylation sites (tertiary alicyclic amines) is 1. The van der Waals surface area contributed by atoms with E-state index in [0.29, 0.717) is 19.0 Å². The molecule has 1 aromatic carbocycles. The lowest BCUT2D eigenvalue weighted by atomic mass is 9.79. The Morgan fingerprint density at radius 3 is 3.12 bits per heavy atom. The summed E-state index contributed by atoms with van der Waals surface area (Å²) in [4.78, 5) is 19.0. The number of rotatable bonds is 5. The van der Waals surface area contributed by atoms with Crippen molar-refractivity contribution in [3.8, 4) is 0 Å². The summed E-state index contributed by atoms with van der Waals surface area (Å²) in [5.41, 5.74) is 1.49. The molecule has 2 fully saturated rings. The van der Waals surface area contributed by atoms with Crippen molar-refractivity contribution in [3.05, 3.63) is 42.1 Å². The number of fused-ring (bicyclic) bond motifs is 1. The van der Waals surface area contributed by atoms with Crippen LogP contribution in [0.3, 0.4) is 0 Å². The molecule has 0 unspecified atom stereocenters. The second-order valence-corrected chi connectivity index (χ2v) is 6.96. The standard InChI is InChI=1S/C20H24N2O3/c1-2-24-10-7-17-8-11-25-20(17)13-22(14-20)19(23)16-5-6-18-15(12-16)4-3-9-21-18/h3-6,9,12,17H,2,7-8,10-11,13-14H2,1H3/t17-/m0/s1. The zero-order valence-corrected chi connectivity index (χ0v) is 14.6. The van der Waals surface area contributed by atoms with Gasteiger partial charge < -0.3 is 14.4 Å². The molecule has 0 saturated carbocycles. The molecule has 132 valence electrons. The van der Waals surface area contributed by atoms with E-state index in [0.717, 1.165) is 49.1 Å². The van der Waals surface area contributed by atoms with Crippen molar-refractivity contribution < 1.29 is 14.3 Å². The molecule has 4 rings (SSSR count). The number of carbonyl (C=O) groups excluding carboxylic acids is 1. The summed E-state index contributed by atoms with van der Waals surface area (Å²) in [6, 6.07) is 9.59. The number of hydrogen-bond donors (Lipinski definition) is 0. The van der Waals surface area contributed by atoms with Crippen LogP contribution in [0.5, 0.6) is 0 Å². The van der Waals surface area contributed by atoms with Gasteiger partial charge in [0.1, 0.15) is 5.60 Å². The van der Waals surface area contributed by atoms with E-state index in [1.807, 2.05) is 42.2 Å². The Balaban J connectivity index is 1.42. The Kier molecular flexibility index (Phi) is 4.44. The molecule has 2 saturated heterocycles. The van der Waals surface area contributed by atoms with Crippen LogP contribution >= 0.6 is 0 Å². The molecule has 0 bridgehead atoms. The fraction of sp³-hybridized carbons (Fsp3) is 0.500. The number of carbonyl (C=O) groups is 1. The van der Waals surface area contributed by atoms with Gasteiger partial charge in [0.2, 0.25) is 0 Å². The van der Waals surface area contributed by atoms with Gasteiger partial charge in [0.25, 0.3) is 5.91 Å². The van der Waals surface area contributed by atoms with Crippen LogP contribution in [0, 0.1) is 5.92 Å². The van der Waals surface area contributed by atoms with Gasteiger partial charge in [-0.15, -0.1) is 0 Å². The summed E-state index contributed by atoms with van der Waals surface area (Å²) in [7, 11) is 0. The average Bonchev–Trinajstić information content (AvgIpc) is 3.03. The highest BCUT2D eigenvalue weighted by Gasteiger charge is 2.54. The Morgan fingerprint density at radius 1 is 1.40 bits per heavy atom. The molecule has 3 heterocycles. The molecule has 0 radical (unpaired) electrons. The van der Waals surface area contributed by atoms with E-state index < -0.39 is 0 Å². The highest BCUT2D eigenvalue weighted by atomic mass is 16.5. The van der Waals surface area contributed by atoms with Crippen molar-refractivity contribution in [3.63, 3.8) is 0 Å². The molecule has 5 nitrogen and oxygen atoms in total. The molecule has 25 heavy (non-hydrogen) atoms. The summed E-state index contributed by atoms with van der Waals surface area (Å²) >= 11 is 0. The summed E-state index contributed by atoms with van der Waals surface area (Å²) < 4.78 is 11.5. The maximum atomic E-state index is 12.8. The topological polar surface area (TPSA) is 51.7 Å². The number of aromatic nitrogens is 1. The Bertz CT molecular complexity index is 770. The average molecular weight is 340 g/mol. The van der Waals surface area contributed by atoms with E-state index in [1.165, 1.54) is 0 Å². The van der Waals surface area contributed by atoms with Gasteiger partial charge in [-0.05, 0) is 49.9 Å². The fourth-order valence-electron chi connectivity index (χ4n) is 4.05. The maximum Gasteiger partial charge on any atom is 0.254 e. The van der Waals surface area contributed by atoms with Crippen molar-refractivity contribution >= 4 is 16.8 Å². The SMILES string of the molecule is CCOCC[C@H]1CCOC12CN(C(=O)c1ccc3ncccc3c1)C2. The van der Waals surface area contributed by atoms with Crippen molar-refractivity contribution in [2.75, 3.05) is 32.9 Å². The lowest BCUT2D eigenvalue weighted by molar-refractivity contribution is -0.120. The maximum absolute atomic E-state index is 12.8. The van der Waals surface area contributed by atoms with Gasteiger partial charge in [-0.3, -0.25) is 9.78 Å². The molecule has 1 spiro atoms.